The molecule has 2 rings (SSSR count). The van der Waals surface area contributed by atoms with Crippen LogP contribution in [0.25, 0.3) is 0 Å². The first-order valence-corrected chi connectivity index (χ1v) is 8.81. The molecule has 1 N–H and O–H groups in total. The maximum absolute atomic E-state index is 12.6. The zero-order valence-corrected chi connectivity index (χ0v) is 16.4. The van der Waals surface area contributed by atoms with Crippen LogP contribution in [0.2, 0.25) is 0 Å². The molecular formula is C22H29NO2. The SMILES string of the molecule is Cc1ccc(C)c(O[C@H](C)C(=O)N[C@@H](C)c2cc(C)c(C)cc2C)c1. The van der Waals surface area contributed by atoms with Gasteiger partial charge in [-0.25, -0.2) is 0 Å². The Hall–Kier alpha value is -2.29. The Labute approximate surface area is 151 Å². The summed E-state index contributed by atoms with van der Waals surface area (Å²) in [5.74, 6) is 0.656. The van der Waals surface area contributed by atoms with E-state index in [1.807, 2.05) is 39.0 Å². The zero-order chi connectivity index (χ0) is 18.7. The number of ether oxygens (including phenoxy) is 1. The van der Waals surface area contributed by atoms with Crippen LogP contribution in [0.4, 0.5) is 0 Å². The van der Waals surface area contributed by atoms with Crippen LogP contribution >= 0.6 is 0 Å². The molecule has 0 aliphatic rings. The van der Waals surface area contributed by atoms with Gasteiger partial charge in [0.25, 0.3) is 5.91 Å². The van der Waals surface area contributed by atoms with Gasteiger partial charge in [-0.2, -0.15) is 0 Å². The minimum absolute atomic E-state index is 0.0588. The highest BCUT2D eigenvalue weighted by atomic mass is 16.5. The molecule has 0 aromatic heterocycles. The predicted molar refractivity (Wildman–Crippen MR) is 103 cm³/mol. The second-order valence-electron chi connectivity index (χ2n) is 7.05. The van der Waals surface area contributed by atoms with Gasteiger partial charge in [0.2, 0.25) is 0 Å². The first-order valence-electron chi connectivity index (χ1n) is 8.81. The Morgan fingerprint density at radius 1 is 0.880 bits per heavy atom. The van der Waals surface area contributed by atoms with Crippen LogP contribution < -0.4 is 10.1 Å². The Bertz CT molecular complexity index is 780. The van der Waals surface area contributed by atoms with Gasteiger partial charge in [-0.1, -0.05) is 24.3 Å². The quantitative estimate of drug-likeness (QED) is 0.843. The van der Waals surface area contributed by atoms with E-state index in [0.717, 1.165) is 22.4 Å². The highest BCUT2D eigenvalue weighted by molar-refractivity contribution is 5.81. The average Bonchev–Trinajstić information content (AvgIpc) is 2.54. The second-order valence-corrected chi connectivity index (χ2v) is 7.05. The normalized spacial score (nSPS) is 13.2. The number of carbonyl (C=O) groups excluding carboxylic acids is 1. The number of nitrogens with one attached hydrogen (secondary N) is 1. The first-order chi connectivity index (χ1) is 11.7. The molecule has 0 radical (unpaired) electrons. The number of benzene rings is 2. The summed E-state index contributed by atoms with van der Waals surface area (Å²) in [6.07, 6.45) is -0.546. The van der Waals surface area contributed by atoms with Gasteiger partial charge in [-0.3, -0.25) is 4.79 Å². The molecular weight excluding hydrogens is 310 g/mol. The van der Waals surface area contributed by atoms with Crippen molar-refractivity contribution in [3.63, 3.8) is 0 Å². The van der Waals surface area contributed by atoms with Crippen LogP contribution in [0, 0.1) is 34.6 Å². The number of amides is 1. The van der Waals surface area contributed by atoms with Gasteiger partial charge in [0.05, 0.1) is 6.04 Å². The van der Waals surface area contributed by atoms with E-state index in [9.17, 15) is 4.79 Å². The summed E-state index contributed by atoms with van der Waals surface area (Å²) in [4.78, 5) is 12.6. The standard InChI is InChI=1S/C22H29NO2/c1-13-8-9-14(2)21(10-13)25-19(7)22(24)23-18(6)20-12-16(4)15(3)11-17(20)5/h8-12,18-19H,1-7H3,(H,23,24)/t18-,19+/m0/s1. The molecule has 2 aromatic carbocycles. The average molecular weight is 339 g/mol. The second kappa shape index (κ2) is 7.73. The summed E-state index contributed by atoms with van der Waals surface area (Å²) in [5, 5.41) is 3.07. The van der Waals surface area contributed by atoms with Crippen molar-refractivity contribution in [2.75, 3.05) is 0 Å². The summed E-state index contributed by atoms with van der Waals surface area (Å²) in [6.45, 7) is 14.1. The van der Waals surface area contributed by atoms with E-state index < -0.39 is 6.10 Å². The van der Waals surface area contributed by atoms with Gasteiger partial charge in [0, 0.05) is 0 Å². The number of rotatable bonds is 5. The predicted octanol–water partition coefficient (Wildman–Crippen LogP) is 4.87. The minimum atomic E-state index is -0.546. The van der Waals surface area contributed by atoms with Crippen molar-refractivity contribution in [2.24, 2.45) is 0 Å². The van der Waals surface area contributed by atoms with Crippen molar-refractivity contribution in [2.45, 2.75) is 60.6 Å². The van der Waals surface area contributed by atoms with Crippen molar-refractivity contribution in [1.29, 1.82) is 0 Å². The van der Waals surface area contributed by atoms with Crippen LogP contribution in [0.5, 0.6) is 5.75 Å². The molecule has 2 atom stereocenters. The van der Waals surface area contributed by atoms with Gasteiger partial charge in [-0.05, 0) is 87.9 Å². The molecule has 2 aromatic rings. The summed E-state index contributed by atoms with van der Waals surface area (Å²) in [6, 6.07) is 10.3. The fourth-order valence-electron chi connectivity index (χ4n) is 2.94. The van der Waals surface area contributed by atoms with E-state index in [-0.39, 0.29) is 11.9 Å². The number of aryl methyl sites for hydroxylation is 5. The minimum Gasteiger partial charge on any atom is -0.481 e. The van der Waals surface area contributed by atoms with Crippen molar-refractivity contribution < 1.29 is 9.53 Å². The molecule has 0 fully saturated rings. The molecule has 1 amide bonds. The lowest BCUT2D eigenvalue weighted by molar-refractivity contribution is -0.127. The summed E-state index contributed by atoms with van der Waals surface area (Å²) >= 11 is 0. The van der Waals surface area contributed by atoms with E-state index in [1.54, 1.807) is 6.92 Å². The number of hydrogen-bond acceptors (Lipinski definition) is 2. The van der Waals surface area contributed by atoms with Crippen molar-refractivity contribution in [3.8, 4) is 5.75 Å². The maximum Gasteiger partial charge on any atom is 0.261 e. The lowest BCUT2D eigenvalue weighted by atomic mass is 9.96. The third kappa shape index (κ3) is 4.62. The molecule has 134 valence electrons. The fraction of sp³-hybridized carbons (Fsp3) is 0.409. The monoisotopic (exact) mass is 339 g/mol. The molecule has 25 heavy (non-hydrogen) atoms. The molecule has 0 bridgehead atoms. The molecule has 0 heterocycles. The van der Waals surface area contributed by atoms with Crippen LogP contribution in [-0.2, 0) is 4.79 Å². The van der Waals surface area contributed by atoms with Crippen molar-refractivity contribution in [3.05, 3.63) is 63.7 Å². The molecule has 0 saturated carbocycles. The van der Waals surface area contributed by atoms with Crippen LogP contribution in [0.3, 0.4) is 0 Å². The molecule has 0 aliphatic heterocycles. The van der Waals surface area contributed by atoms with Gasteiger partial charge >= 0.3 is 0 Å². The molecule has 0 saturated heterocycles. The third-order valence-electron chi connectivity index (χ3n) is 4.72. The maximum atomic E-state index is 12.6. The molecule has 0 aliphatic carbocycles. The molecule has 3 heteroatoms. The van der Waals surface area contributed by atoms with Crippen LogP contribution in [0.1, 0.15) is 53.3 Å². The highest BCUT2D eigenvalue weighted by Crippen LogP contribution is 2.23. The van der Waals surface area contributed by atoms with E-state index in [4.69, 9.17) is 4.74 Å². The fourth-order valence-corrected chi connectivity index (χ4v) is 2.94. The highest BCUT2D eigenvalue weighted by Gasteiger charge is 2.19. The number of carbonyl (C=O) groups is 1. The summed E-state index contributed by atoms with van der Waals surface area (Å²) < 4.78 is 5.89. The van der Waals surface area contributed by atoms with Gasteiger partial charge in [-0.15, -0.1) is 0 Å². The Balaban J connectivity index is 2.08. The zero-order valence-electron chi connectivity index (χ0n) is 16.4. The van der Waals surface area contributed by atoms with Crippen molar-refractivity contribution >= 4 is 5.91 Å². The summed E-state index contributed by atoms with van der Waals surface area (Å²) in [5.41, 5.74) is 7.00. The first kappa shape index (κ1) is 19.0. The smallest absolute Gasteiger partial charge is 0.261 e. The van der Waals surface area contributed by atoms with Crippen molar-refractivity contribution in [1.82, 2.24) is 5.32 Å². The molecule has 0 unspecified atom stereocenters. The third-order valence-corrected chi connectivity index (χ3v) is 4.72. The Kier molecular flexibility index (Phi) is 5.89. The largest absolute Gasteiger partial charge is 0.481 e. The van der Waals surface area contributed by atoms with E-state index in [2.05, 4.69) is 38.2 Å². The van der Waals surface area contributed by atoms with Gasteiger partial charge in [0.15, 0.2) is 6.10 Å². The van der Waals surface area contributed by atoms with E-state index in [1.165, 1.54) is 16.7 Å². The number of hydrogen-bond donors (Lipinski definition) is 1. The summed E-state index contributed by atoms with van der Waals surface area (Å²) in [7, 11) is 0. The molecule has 3 nitrogen and oxygen atoms in total. The van der Waals surface area contributed by atoms with Crippen LogP contribution in [0.15, 0.2) is 30.3 Å². The lowest BCUT2D eigenvalue weighted by Crippen LogP contribution is -2.38. The lowest BCUT2D eigenvalue weighted by Gasteiger charge is -2.22. The van der Waals surface area contributed by atoms with Crippen LogP contribution in [-0.4, -0.2) is 12.0 Å². The molecule has 0 spiro atoms. The van der Waals surface area contributed by atoms with E-state index in [0.29, 0.717) is 0 Å². The van der Waals surface area contributed by atoms with Gasteiger partial charge in [0.1, 0.15) is 5.75 Å². The topological polar surface area (TPSA) is 38.3 Å². The Morgan fingerprint density at radius 2 is 1.52 bits per heavy atom. The van der Waals surface area contributed by atoms with E-state index >= 15 is 0 Å². The Morgan fingerprint density at radius 3 is 2.20 bits per heavy atom. The van der Waals surface area contributed by atoms with Gasteiger partial charge < -0.3 is 10.1 Å².